The van der Waals surface area contributed by atoms with Gasteiger partial charge in [-0.25, -0.2) is 0 Å². The Labute approximate surface area is 679 Å². The molecule has 0 saturated carbocycles. The molecule has 5 aliphatic rings. The number of anilines is 9. The van der Waals surface area contributed by atoms with Gasteiger partial charge >= 0.3 is 0 Å². The summed E-state index contributed by atoms with van der Waals surface area (Å²) in [5, 5.41) is -0.0182. The van der Waals surface area contributed by atoms with E-state index < -0.39 is 55.1 Å². The molecule has 17 aromatic rings. The molecule has 1 aromatic heterocycles. The molecule has 0 bridgehead atoms. The third kappa shape index (κ3) is 10.2. The minimum absolute atomic E-state index is 0.00912. The van der Waals surface area contributed by atoms with E-state index in [1.165, 1.54) is 27.8 Å². The molecule has 1 aliphatic carbocycles. The first-order chi connectivity index (χ1) is 58.9. The van der Waals surface area contributed by atoms with E-state index in [4.69, 9.17) is 4.74 Å². The first kappa shape index (κ1) is 59.5. The molecule has 0 fully saturated rings. The highest BCUT2D eigenvalue weighted by molar-refractivity contribution is 7.02. The zero-order chi connectivity index (χ0) is 83.6. The fourth-order valence-electron chi connectivity index (χ4n) is 19.5. The fraction of sp³-hybridized carbons (Fsp3) is 0.103. The Morgan fingerprint density at radius 1 is 0.316 bits per heavy atom. The van der Waals surface area contributed by atoms with Crippen molar-refractivity contribution in [1.82, 2.24) is 4.57 Å². The van der Waals surface area contributed by atoms with Crippen molar-refractivity contribution in [2.75, 3.05) is 14.7 Å². The van der Waals surface area contributed by atoms with Crippen LogP contribution in [0.3, 0.4) is 0 Å². The fourth-order valence-corrected chi connectivity index (χ4v) is 19.5. The van der Waals surface area contributed by atoms with E-state index in [1.54, 1.807) is 4.57 Å². The summed E-state index contributed by atoms with van der Waals surface area (Å²) in [6.07, 6.45) is 0. The van der Waals surface area contributed by atoms with Gasteiger partial charge in [0, 0.05) is 84.3 Å². The number of fused-ring (bicyclic) bond motifs is 14. The standard InChI is InChI=1S/C107H82B2N4O/c1-105(2,3)72-59-81(67-35-14-9-15-36-67)103(82(60-72)68-37-16-10-17-38-68)112-93-56-33-29-52-87(93)109-89-65-88-94(66-98(89)114-99-58-71(57-95(112)102(99)109)76-48-34-49-80-77-45-24-27-50-85(77)107(7,8)100(76)80)113(104-83(69-39-18-11-19-40-69)61-73(106(4,5)6)62-84(104)70-41-20-12-21-42-70)97-64-75(111-90-53-30-25-46-78(90)79-47-26-31-54-91(79)111)63-96-101(97)108(88)86-51-28-32-55-92(86)110(96)74-43-22-13-23-44-74/h9-66H,1-8H3/i25D,26D,30D,31D,46D,47D,53D,54D. The Balaban J connectivity index is 0.900. The summed E-state index contributed by atoms with van der Waals surface area (Å²) in [6.45, 7) is 17.5. The molecule has 16 aromatic carbocycles. The van der Waals surface area contributed by atoms with E-state index in [-0.39, 0.29) is 44.7 Å². The van der Waals surface area contributed by atoms with E-state index in [0.717, 1.165) is 145 Å². The van der Waals surface area contributed by atoms with Crippen LogP contribution >= 0.6 is 0 Å². The average molecular weight is 1470 g/mol. The van der Waals surface area contributed by atoms with Crippen LogP contribution in [0.25, 0.3) is 94.3 Å². The van der Waals surface area contributed by atoms with E-state index >= 15 is 0 Å². The Bertz CT molecular complexity index is 7150. The van der Waals surface area contributed by atoms with E-state index in [1.807, 2.05) is 18.2 Å². The lowest BCUT2D eigenvalue weighted by molar-refractivity contribution is 0.488. The molecule has 0 spiro atoms. The maximum Gasteiger partial charge on any atom is 0.256 e. The van der Waals surface area contributed by atoms with Crippen LogP contribution in [-0.4, -0.2) is 18.0 Å². The number of para-hydroxylation sites is 5. The lowest BCUT2D eigenvalue weighted by atomic mass is 9.30. The number of ether oxygens (including phenoxy) is 1. The predicted molar refractivity (Wildman–Crippen MR) is 483 cm³/mol. The van der Waals surface area contributed by atoms with Gasteiger partial charge in [0.25, 0.3) is 13.4 Å². The smallest absolute Gasteiger partial charge is 0.256 e. The molecular weight excluding hydrogens is 1380 g/mol. The lowest BCUT2D eigenvalue weighted by Crippen LogP contribution is -2.64. The van der Waals surface area contributed by atoms with E-state index in [2.05, 4.69) is 355 Å². The Kier molecular flexibility index (Phi) is 13.2. The third-order valence-corrected chi connectivity index (χ3v) is 24.7. The van der Waals surface area contributed by atoms with Gasteiger partial charge in [-0.1, -0.05) is 316 Å². The molecule has 4 aliphatic heterocycles. The van der Waals surface area contributed by atoms with Gasteiger partial charge in [0.1, 0.15) is 11.5 Å². The van der Waals surface area contributed by atoms with E-state index in [9.17, 15) is 11.0 Å². The van der Waals surface area contributed by atoms with Crippen molar-refractivity contribution < 1.29 is 15.7 Å². The quantitative estimate of drug-likeness (QED) is 0.134. The summed E-state index contributed by atoms with van der Waals surface area (Å²) in [6, 6.07) is 106. The molecule has 0 unspecified atom stereocenters. The third-order valence-electron chi connectivity index (χ3n) is 24.7. The zero-order valence-electron chi connectivity index (χ0n) is 72.7. The van der Waals surface area contributed by atoms with Crippen molar-refractivity contribution in [3.8, 4) is 83.9 Å². The number of aromatic nitrogens is 1. The van der Waals surface area contributed by atoms with E-state index in [0.29, 0.717) is 17.2 Å². The molecule has 5 nitrogen and oxygen atoms in total. The van der Waals surface area contributed by atoms with Crippen LogP contribution < -0.4 is 52.2 Å². The van der Waals surface area contributed by atoms with Crippen LogP contribution in [0.15, 0.2) is 352 Å². The molecule has 22 rings (SSSR count). The summed E-state index contributed by atoms with van der Waals surface area (Å²) < 4.78 is 87.0. The second-order valence-corrected chi connectivity index (χ2v) is 33.7. The zero-order valence-corrected chi connectivity index (χ0v) is 64.7. The second-order valence-electron chi connectivity index (χ2n) is 33.7. The van der Waals surface area contributed by atoms with Gasteiger partial charge in [-0.3, -0.25) is 0 Å². The summed E-state index contributed by atoms with van der Waals surface area (Å²) in [7, 11) is 0. The summed E-state index contributed by atoms with van der Waals surface area (Å²) in [5.74, 6) is 1.37. The van der Waals surface area contributed by atoms with Crippen molar-refractivity contribution in [3.05, 3.63) is 374 Å². The van der Waals surface area contributed by atoms with Crippen LogP contribution in [0, 0.1) is 0 Å². The first-order valence-corrected chi connectivity index (χ1v) is 39.6. The normalized spacial score (nSPS) is 14.8. The average Bonchev–Trinajstić information content (AvgIpc) is 1.01. The van der Waals surface area contributed by atoms with Crippen LogP contribution in [0.4, 0.5) is 51.2 Å². The van der Waals surface area contributed by atoms with Crippen LogP contribution in [0.2, 0.25) is 0 Å². The topological polar surface area (TPSA) is 23.9 Å². The molecule has 0 amide bonds. The van der Waals surface area contributed by atoms with Gasteiger partial charge in [0.05, 0.1) is 39.1 Å². The molecule has 114 heavy (non-hydrogen) atoms. The number of rotatable bonds is 9. The van der Waals surface area contributed by atoms with Gasteiger partial charge in [-0.2, -0.15) is 0 Å². The summed E-state index contributed by atoms with van der Waals surface area (Å²) in [5.41, 5.74) is 31.1. The Hall–Kier alpha value is -13.4. The Morgan fingerprint density at radius 3 is 1.28 bits per heavy atom. The first-order valence-electron chi connectivity index (χ1n) is 43.6. The number of benzene rings is 16. The van der Waals surface area contributed by atoms with Gasteiger partial charge in [-0.05, 0) is 195 Å². The molecule has 0 atom stereocenters. The minimum Gasteiger partial charge on any atom is -0.458 e. The van der Waals surface area contributed by atoms with Crippen molar-refractivity contribution in [2.45, 2.75) is 71.6 Å². The molecule has 7 heteroatoms. The lowest BCUT2D eigenvalue weighted by Gasteiger charge is -2.46. The molecule has 0 saturated heterocycles. The van der Waals surface area contributed by atoms with Crippen molar-refractivity contribution in [3.63, 3.8) is 0 Å². The van der Waals surface area contributed by atoms with Crippen molar-refractivity contribution in [1.29, 1.82) is 0 Å². The monoisotopic (exact) mass is 1470 g/mol. The maximum atomic E-state index is 10.1. The Morgan fingerprint density at radius 2 is 0.746 bits per heavy atom. The summed E-state index contributed by atoms with van der Waals surface area (Å²) >= 11 is 0. The largest absolute Gasteiger partial charge is 0.458 e. The SMILES string of the molecule is [2H]c1c([2H])c([2H])c2c(c1[2H])c1c([2H])c([2H])c([2H])c([2H])c1n2-c1cc2c3c(c1)N(c1c(-c4ccccc4)cc(C(C)(C)C)cc1-c1ccccc1)c1cc4c(cc1B3c1ccccc1N2c1ccccc1)B1c2ccccc2N(c2c(-c3ccccc3)cc(C(C)(C)C)cc2-c2ccccc2)c2cc(-c3cccc5c3C(C)(C)c3ccccc3-5)cc(c21)O4. The van der Waals surface area contributed by atoms with Crippen molar-refractivity contribution >= 4 is 119 Å². The van der Waals surface area contributed by atoms with Gasteiger partial charge in [-0.15, -0.1) is 0 Å². The van der Waals surface area contributed by atoms with Crippen LogP contribution in [0.1, 0.15) is 88.6 Å². The van der Waals surface area contributed by atoms with Crippen molar-refractivity contribution in [2.24, 2.45) is 0 Å². The molecule has 542 valence electrons. The highest BCUT2D eigenvalue weighted by atomic mass is 16.5. The second kappa shape index (κ2) is 25.3. The number of hydrogen-bond donors (Lipinski definition) is 0. The molecule has 5 heterocycles. The minimum atomic E-state index is -0.530. The molecule has 0 radical (unpaired) electrons. The molecular formula is C107H82B2N4O. The van der Waals surface area contributed by atoms with Crippen LogP contribution in [0.5, 0.6) is 11.5 Å². The van der Waals surface area contributed by atoms with Gasteiger partial charge < -0.3 is 24.0 Å². The summed E-state index contributed by atoms with van der Waals surface area (Å²) in [4.78, 5) is 7.30. The highest BCUT2D eigenvalue weighted by Crippen LogP contribution is 2.58. The number of hydrogen-bond acceptors (Lipinski definition) is 4. The van der Waals surface area contributed by atoms with Gasteiger partial charge in [0.2, 0.25) is 0 Å². The highest BCUT2D eigenvalue weighted by Gasteiger charge is 2.50. The number of nitrogens with zero attached hydrogens (tertiary/aromatic N) is 4. The predicted octanol–water partition coefficient (Wildman–Crippen LogP) is 24.5. The van der Waals surface area contributed by atoms with Crippen LogP contribution in [-0.2, 0) is 16.2 Å². The molecule has 0 N–H and O–H groups in total. The van der Waals surface area contributed by atoms with Gasteiger partial charge in [0.15, 0.2) is 0 Å². The maximum absolute atomic E-state index is 10.1.